The Hall–Kier alpha value is -1.14. The van der Waals surface area contributed by atoms with Crippen LogP contribution in [0.4, 0.5) is 5.69 Å². The molecule has 1 fully saturated rings. The Morgan fingerprint density at radius 1 is 1.56 bits per heavy atom. The fraction of sp³-hybridized carbons (Fsp3) is 0.667. The van der Waals surface area contributed by atoms with Crippen LogP contribution in [-0.4, -0.2) is 27.9 Å². The minimum absolute atomic E-state index is 0.0333. The average Bonchev–Trinajstić information content (AvgIpc) is 2.55. The van der Waals surface area contributed by atoms with Gasteiger partial charge in [0.15, 0.2) is 0 Å². The lowest BCUT2D eigenvalue weighted by Gasteiger charge is -2.23. The van der Waals surface area contributed by atoms with Gasteiger partial charge < -0.3 is 4.74 Å². The number of nitrogens with zero attached hydrogens (tertiary/aromatic N) is 3. The summed E-state index contributed by atoms with van der Waals surface area (Å²) < 4.78 is 6.89. The second-order valence-corrected chi connectivity index (χ2v) is 4.13. The summed E-state index contributed by atoms with van der Waals surface area (Å²) in [5, 5.41) is 14.8. The van der Waals surface area contributed by atoms with E-state index in [2.05, 4.69) is 5.10 Å². The molecule has 16 heavy (non-hydrogen) atoms. The molecule has 88 valence electrons. The Kier molecular flexibility index (Phi) is 3.11. The molecular formula is C9H12ClN3O3. The number of hydrogen-bond acceptors (Lipinski definition) is 4. The summed E-state index contributed by atoms with van der Waals surface area (Å²) in [4.78, 5) is 10.3. The van der Waals surface area contributed by atoms with Gasteiger partial charge in [0, 0.05) is 13.2 Å². The molecule has 0 N–H and O–H groups in total. The quantitative estimate of drug-likeness (QED) is 0.591. The van der Waals surface area contributed by atoms with E-state index in [9.17, 15) is 10.1 Å². The maximum absolute atomic E-state index is 10.8. The number of hydrogen-bond donors (Lipinski definition) is 0. The normalized spacial score (nSPS) is 17.6. The van der Waals surface area contributed by atoms with Gasteiger partial charge >= 0.3 is 5.69 Å². The van der Waals surface area contributed by atoms with Crippen molar-refractivity contribution >= 4 is 17.3 Å². The molecule has 1 aromatic heterocycles. The molecule has 1 aliphatic heterocycles. The highest BCUT2D eigenvalue weighted by Crippen LogP contribution is 2.31. The first-order chi connectivity index (χ1) is 7.61. The summed E-state index contributed by atoms with van der Waals surface area (Å²) in [6.45, 7) is 3.00. The minimum atomic E-state index is -0.486. The Morgan fingerprint density at radius 2 is 2.19 bits per heavy atom. The van der Waals surface area contributed by atoms with Crippen molar-refractivity contribution in [3.05, 3.63) is 21.0 Å². The standard InChI is InChI=1S/C9H12ClN3O3/c1-6-8(13(14)15)9(10)11-12(6)7-2-4-16-5-3-7/h7H,2-5H2,1H3. The van der Waals surface area contributed by atoms with Crippen LogP contribution in [0.3, 0.4) is 0 Å². The molecule has 0 aromatic carbocycles. The second-order valence-electron chi connectivity index (χ2n) is 3.77. The number of halogens is 1. The fourth-order valence-electron chi connectivity index (χ4n) is 1.97. The van der Waals surface area contributed by atoms with E-state index in [1.165, 1.54) is 0 Å². The first-order valence-electron chi connectivity index (χ1n) is 5.08. The van der Waals surface area contributed by atoms with E-state index in [1.54, 1.807) is 11.6 Å². The van der Waals surface area contributed by atoms with E-state index in [1.807, 2.05) is 0 Å². The van der Waals surface area contributed by atoms with E-state index in [4.69, 9.17) is 16.3 Å². The summed E-state index contributed by atoms with van der Waals surface area (Å²) in [5.74, 6) is 0. The molecule has 0 spiro atoms. The van der Waals surface area contributed by atoms with Gasteiger partial charge in [-0.2, -0.15) is 5.10 Å². The molecule has 0 atom stereocenters. The lowest BCUT2D eigenvalue weighted by Crippen LogP contribution is -2.21. The molecule has 1 aliphatic rings. The first kappa shape index (κ1) is 11.3. The summed E-state index contributed by atoms with van der Waals surface area (Å²) in [6, 6.07) is 0.153. The van der Waals surface area contributed by atoms with Crippen LogP contribution in [-0.2, 0) is 4.74 Å². The van der Waals surface area contributed by atoms with Crippen molar-refractivity contribution in [3.8, 4) is 0 Å². The molecule has 7 heteroatoms. The third kappa shape index (κ3) is 1.90. The maximum Gasteiger partial charge on any atom is 0.328 e. The highest BCUT2D eigenvalue weighted by Gasteiger charge is 2.27. The van der Waals surface area contributed by atoms with E-state index >= 15 is 0 Å². The van der Waals surface area contributed by atoms with Gasteiger partial charge in [-0.1, -0.05) is 11.6 Å². The van der Waals surface area contributed by atoms with Gasteiger partial charge in [-0.05, 0) is 19.8 Å². The molecular weight excluding hydrogens is 234 g/mol. The molecule has 0 bridgehead atoms. The zero-order valence-corrected chi connectivity index (χ0v) is 9.61. The Labute approximate surface area is 97.3 Å². The predicted octanol–water partition coefficient (Wildman–Crippen LogP) is 2.10. The van der Waals surface area contributed by atoms with E-state index < -0.39 is 4.92 Å². The topological polar surface area (TPSA) is 70.2 Å². The van der Waals surface area contributed by atoms with E-state index in [-0.39, 0.29) is 16.9 Å². The molecule has 0 amide bonds. The maximum atomic E-state index is 10.8. The molecule has 0 saturated carbocycles. The molecule has 2 rings (SSSR count). The fourth-order valence-corrected chi connectivity index (χ4v) is 2.25. The van der Waals surface area contributed by atoms with Crippen molar-refractivity contribution in [3.63, 3.8) is 0 Å². The van der Waals surface area contributed by atoms with Crippen LogP contribution < -0.4 is 0 Å². The number of rotatable bonds is 2. The predicted molar refractivity (Wildman–Crippen MR) is 57.7 cm³/mol. The minimum Gasteiger partial charge on any atom is -0.381 e. The highest BCUT2D eigenvalue weighted by atomic mass is 35.5. The third-order valence-electron chi connectivity index (χ3n) is 2.80. The van der Waals surface area contributed by atoms with Gasteiger partial charge in [-0.15, -0.1) is 0 Å². The zero-order chi connectivity index (χ0) is 11.7. The largest absolute Gasteiger partial charge is 0.381 e. The van der Waals surface area contributed by atoms with Crippen LogP contribution in [0, 0.1) is 17.0 Å². The van der Waals surface area contributed by atoms with E-state index in [0.717, 1.165) is 12.8 Å². The van der Waals surface area contributed by atoms with Gasteiger partial charge in [-0.3, -0.25) is 14.8 Å². The summed E-state index contributed by atoms with van der Waals surface area (Å²) in [7, 11) is 0. The summed E-state index contributed by atoms with van der Waals surface area (Å²) >= 11 is 5.76. The van der Waals surface area contributed by atoms with Gasteiger partial charge in [-0.25, -0.2) is 0 Å². The van der Waals surface area contributed by atoms with Gasteiger partial charge in [0.1, 0.15) is 5.69 Å². The van der Waals surface area contributed by atoms with E-state index in [0.29, 0.717) is 18.9 Å². The molecule has 0 unspecified atom stereocenters. The van der Waals surface area contributed by atoms with Crippen LogP contribution in [0.15, 0.2) is 0 Å². The second kappa shape index (κ2) is 4.39. The highest BCUT2D eigenvalue weighted by molar-refractivity contribution is 6.31. The average molecular weight is 246 g/mol. The van der Waals surface area contributed by atoms with Crippen molar-refractivity contribution in [1.29, 1.82) is 0 Å². The van der Waals surface area contributed by atoms with Crippen molar-refractivity contribution in [2.75, 3.05) is 13.2 Å². The Bertz CT molecular complexity index is 412. The molecule has 2 heterocycles. The van der Waals surface area contributed by atoms with Crippen LogP contribution in [0.2, 0.25) is 5.15 Å². The van der Waals surface area contributed by atoms with Crippen LogP contribution in [0.25, 0.3) is 0 Å². The number of aromatic nitrogens is 2. The van der Waals surface area contributed by atoms with Gasteiger partial charge in [0.2, 0.25) is 5.15 Å². The van der Waals surface area contributed by atoms with Crippen molar-refractivity contribution < 1.29 is 9.66 Å². The van der Waals surface area contributed by atoms with Crippen molar-refractivity contribution in [2.45, 2.75) is 25.8 Å². The monoisotopic (exact) mass is 245 g/mol. The molecule has 0 radical (unpaired) electrons. The van der Waals surface area contributed by atoms with Crippen LogP contribution in [0.1, 0.15) is 24.6 Å². The zero-order valence-electron chi connectivity index (χ0n) is 8.85. The number of ether oxygens (including phenoxy) is 1. The first-order valence-corrected chi connectivity index (χ1v) is 5.45. The molecule has 0 aliphatic carbocycles. The lowest BCUT2D eigenvalue weighted by molar-refractivity contribution is -0.385. The van der Waals surface area contributed by atoms with Gasteiger partial charge in [0.05, 0.1) is 11.0 Å². The molecule has 1 saturated heterocycles. The van der Waals surface area contributed by atoms with Crippen molar-refractivity contribution in [2.24, 2.45) is 0 Å². The smallest absolute Gasteiger partial charge is 0.328 e. The van der Waals surface area contributed by atoms with Gasteiger partial charge in [0.25, 0.3) is 0 Å². The van der Waals surface area contributed by atoms with Crippen molar-refractivity contribution in [1.82, 2.24) is 9.78 Å². The SMILES string of the molecule is Cc1c([N+](=O)[O-])c(Cl)nn1C1CCOCC1. The summed E-state index contributed by atoms with van der Waals surface area (Å²) in [5.41, 5.74) is 0.426. The Balaban J connectivity index is 2.34. The molecule has 1 aromatic rings. The lowest BCUT2D eigenvalue weighted by atomic mass is 10.1. The number of nitro groups is 1. The molecule has 6 nitrogen and oxygen atoms in total. The van der Waals surface area contributed by atoms with Crippen LogP contribution >= 0.6 is 11.6 Å². The summed E-state index contributed by atoms with van der Waals surface area (Å²) in [6.07, 6.45) is 1.63. The Morgan fingerprint density at radius 3 is 2.69 bits per heavy atom. The van der Waals surface area contributed by atoms with Crippen LogP contribution in [0.5, 0.6) is 0 Å². The third-order valence-corrected chi connectivity index (χ3v) is 3.05.